The van der Waals surface area contributed by atoms with Gasteiger partial charge in [0.25, 0.3) is 10.0 Å². The Hall–Kier alpha value is -2.04. The van der Waals surface area contributed by atoms with Crippen LogP contribution in [0.15, 0.2) is 51.8 Å². The molecule has 7 heteroatoms. The lowest BCUT2D eigenvalue weighted by Gasteiger charge is -2.11. The summed E-state index contributed by atoms with van der Waals surface area (Å²) in [5.41, 5.74) is 6.42. The van der Waals surface area contributed by atoms with Crippen molar-refractivity contribution in [2.45, 2.75) is 4.90 Å². The van der Waals surface area contributed by atoms with Crippen LogP contribution in [0.25, 0.3) is 0 Å². The van der Waals surface area contributed by atoms with Gasteiger partial charge in [-0.1, -0.05) is 12.1 Å². The Morgan fingerprint density at radius 1 is 1.20 bits per heavy atom. The van der Waals surface area contributed by atoms with Crippen molar-refractivity contribution in [1.82, 2.24) is 0 Å². The maximum absolute atomic E-state index is 12.3. The number of nitrogen functional groups attached to an aromatic ring is 1. The van der Waals surface area contributed by atoms with Crippen LogP contribution in [0, 0.1) is 11.3 Å². The molecule has 0 fully saturated rings. The molecule has 2 aromatic carbocycles. The quantitative estimate of drug-likeness (QED) is 0.830. The van der Waals surface area contributed by atoms with Crippen LogP contribution in [0.5, 0.6) is 0 Å². The molecule has 0 aliphatic rings. The normalized spacial score (nSPS) is 10.8. The summed E-state index contributed by atoms with van der Waals surface area (Å²) in [7, 11) is -3.83. The molecule has 0 spiro atoms. The summed E-state index contributed by atoms with van der Waals surface area (Å²) < 4.78 is 27.5. The second kappa shape index (κ2) is 5.53. The maximum atomic E-state index is 12.3. The van der Waals surface area contributed by atoms with E-state index in [4.69, 9.17) is 11.0 Å². The molecule has 2 aromatic rings. The van der Waals surface area contributed by atoms with Crippen molar-refractivity contribution in [2.75, 3.05) is 10.5 Å². The number of anilines is 2. The molecular formula is C13H10BrN3O2S. The molecule has 0 heterocycles. The van der Waals surface area contributed by atoms with Crippen molar-refractivity contribution in [3.63, 3.8) is 0 Å². The van der Waals surface area contributed by atoms with Gasteiger partial charge in [-0.15, -0.1) is 0 Å². The van der Waals surface area contributed by atoms with Crippen LogP contribution >= 0.6 is 15.9 Å². The number of nitrogens with two attached hydrogens (primary N) is 1. The summed E-state index contributed by atoms with van der Waals surface area (Å²) in [6.45, 7) is 0. The number of nitrogens with zero attached hydrogens (tertiary/aromatic N) is 1. The van der Waals surface area contributed by atoms with E-state index in [1.807, 2.05) is 6.07 Å². The van der Waals surface area contributed by atoms with Gasteiger partial charge in [-0.3, -0.25) is 4.72 Å². The minimum atomic E-state index is -3.83. The zero-order chi connectivity index (χ0) is 14.8. The number of rotatable bonds is 3. The number of nitrogens with one attached hydrogen (secondary N) is 1. The Morgan fingerprint density at radius 3 is 2.60 bits per heavy atom. The van der Waals surface area contributed by atoms with Crippen molar-refractivity contribution in [1.29, 1.82) is 5.26 Å². The molecular weight excluding hydrogens is 342 g/mol. The molecule has 0 saturated heterocycles. The van der Waals surface area contributed by atoms with Gasteiger partial charge in [0.1, 0.15) is 11.0 Å². The molecule has 102 valence electrons. The third-order valence-corrected chi connectivity index (χ3v) is 4.90. The van der Waals surface area contributed by atoms with E-state index < -0.39 is 10.0 Å². The molecule has 0 amide bonds. The monoisotopic (exact) mass is 351 g/mol. The van der Waals surface area contributed by atoms with E-state index in [-0.39, 0.29) is 16.1 Å². The van der Waals surface area contributed by atoms with Crippen molar-refractivity contribution >= 4 is 37.3 Å². The lowest BCUT2D eigenvalue weighted by atomic mass is 10.2. The van der Waals surface area contributed by atoms with Gasteiger partial charge in [0, 0.05) is 10.2 Å². The molecule has 0 aliphatic heterocycles. The SMILES string of the molecule is N#Cc1ccccc1NS(=O)(=O)c1cc(N)ccc1Br. The number of nitriles is 1. The van der Waals surface area contributed by atoms with Crippen LogP contribution in [0.1, 0.15) is 5.56 Å². The predicted octanol–water partition coefficient (Wildman–Crippen LogP) is 2.70. The Balaban J connectivity index is 2.47. The topological polar surface area (TPSA) is 96.0 Å². The highest BCUT2D eigenvalue weighted by molar-refractivity contribution is 9.10. The fourth-order valence-electron chi connectivity index (χ4n) is 1.60. The van der Waals surface area contributed by atoms with Crippen LogP contribution in [0.4, 0.5) is 11.4 Å². The highest BCUT2D eigenvalue weighted by atomic mass is 79.9. The summed E-state index contributed by atoms with van der Waals surface area (Å²) in [6.07, 6.45) is 0. The van der Waals surface area contributed by atoms with E-state index in [0.29, 0.717) is 10.2 Å². The van der Waals surface area contributed by atoms with Gasteiger partial charge in [-0.2, -0.15) is 5.26 Å². The molecule has 0 saturated carbocycles. The summed E-state index contributed by atoms with van der Waals surface area (Å²) in [5, 5.41) is 8.97. The first kappa shape index (κ1) is 14.4. The number of hydrogen-bond acceptors (Lipinski definition) is 4. The lowest BCUT2D eigenvalue weighted by molar-refractivity contribution is 0.601. The van der Waals surface area contributed by atoms with Gasteiger partial charge >= 0.3 is 0 Å². The minimum absolute atomic E-state index is 0.0187. The predicted molar refractivity (Wildman–Crippen MR) is 80.5 cm³/mol. The summed E-state index contributed by atoms with van der Waals surface area (Å²) in [5.74, 6) is 0. The molecule has 2 rings (SSSR count). The third kappa shape index (κ3) is 2.92. The Bertz CT molecular complexity index is 798. The van der Waals surface area contributed by atoms with Gasteiger partial charge < -0.3 is 5.73 Å². The first-order chi connectivity index (χ1) is 9.44. The average Bonchev–Trinajstić information content (AvgIpc) is 2.41. The van der Waals surface area contributed by atoms with Crippen LogP contribution in [0.2, 0.25) is 0 Å². The molecule has 0 unspecified atom stereocenters. The van der Waals surface area contributed by atoms with Crippen molar-refractivity contribution in [3.8, 4) is 6.07 Å². The average molecular weight is 352 g/mol. The fraction of sp³-hybridized carbons (Fsp3) is 0. The summed E-state index contributed by atoms with van der Waals surface area (Å²) in [4.78, 5) is 0.0187. The van der Waals surface area contributed by atoms with Crippen molar-refractivity contribution in [2.24, 2.45) is 0 Å². The summed E-state index contributed by atoms with van der Waals surface area (Å²) in [6, 6.07) is 12.8. The minimum Gasteiger partial charge on any atom is -0.399 e. The van der Waals surface area contributed by atoms with Gasteiger partial charge in [-0.05, 0) is 46.3 Å². The molecule has 0 radical (unpaired) electrons. The first-order valence-electron chi connectivity index (χ1n) is 5.51. The second-order valence-electron chi connectivity index (χ2n) is 3.95. The first-order valence-corrected chi connectivity index (χ1v) is 7.78. The Kier molecular flexibility index (Phi) is 3.97. The number of halogens is 1. The molecule has 0 atom stereocenters. The maximum Gasteiger partial charge on any atom is 0.263 e. The zero-order valence-electron chi connectivity index (χ0n) is 10.2. The van der Waals surface area contributed by atoms with E-state index in [9.17, 15) is 8.42 Å². The highest BCUT2D eigenvalue weighted by Gasteiger charge is 2.19. The van der Waals surface area contributed by atoms with Gasteiger partial charge in [0.15, 0.2) is 0 Å². The Morgan fingerprint density at radius 2 is 1.90 bits per heavy atom. The van der Waals surface area contributed by atoms with Gasteiger partial charge in [0.05, 0.1) is 11.3 Å². The van der Waals surface area contributed by atoms with E-state index in [1.54, 1.807) is 24.3 Å². The van der Waals surface area contributed by atoms with Crippen LogP contribution < -0.4 is 10.5 Å². The number of benzene rings is 2. The molecule has 5 nitrogen and oxygen atoms in total. The number of para-hydroxylation sites is 1. The number of hydrogen-bond donors (Lipinski definition) is 2. The van der Waals surface area contributed by atoms with E-state index in [2.05, 4.69) is 20.7 Å². The van der Waals surface area contributed by atoms with E-state index in [1.165, 1.54) is 18.2 Å². The molecule has 0 bridgehead atoms. The van der Waals surface area contributed by atoms with Crippen LogP contribution in [0.3, 0.4) is 0 Å². The number of sulfonamides is 1. The lowest BCUT2D eigenvalue weighted by Crippen LogP contribution is -2.14. The van der Waals surface area contributed by atoms with Gasteiger partial charge in [-0.25, -0.2) is 8.42 Å². The molecule has 20 heavy (non-hydrogen) atoms. The van der Waals surface area contributed by atoms with E-state index >= 15 is 0 Å². The van der Waals surface area contributed by atoms with Crippen LogP contribution in [-0.2, 0) is 10.0 Å². The molecule has 0 aliphatic carbocycles. The molecule has 0 aromatic heterocycles. The summed E-state index contributed by atoms with van der Waals surface area (Å²) >= 11 is 3.18. The third-order valence-electron chi connectivity index (χ3n) is 2.54. The second-order valence-corrected chi connectivity index (χ2v) is 6.46. The molecule has 3 N–H and O–H groups in total. The van der Waals surface area contributed by atoms with Gasteiger partial charge in [0.2, 0.25) is 0 Å². The van der Waals surface area contributed by atoms with Crippen LogP contribution in [-0.4, -0.2) is 8.42 Å². The smallest absolute Gasteiger partial charge is 0.263 e. The Labute approximate surface area is 125 Å². The van der Waals surface area contributed by atoms with Crippen molar-refractivity contribution < 1.29 is 8.42 Å². The standard InChI is InChI=1S/C13H10BrN3O2S/c14-11-6-5-10(16)7-13(11)20(18,19)17-12-4-2-1-3-9(12)8-15/h1-7,17H,16H2. The highest BCUT2D eigenvalue weighted by Crippen LogP contribution is 2.27. The zero-order valence-corrected chi connectivity index (χ0v) is 12.6. The van der Waals surface area contributed by atoms with E-state index in [0.717, 1.165) is 0 Å². The van der Waals surface area contributed by atoms with Crippen molar-refractivity contribution in [3.05, 3.63) is 52.5 Å². The fourth-order valence-corrected chi connectivity index (χ4v) is 3.67. The largest absolute Gasteiger partial charge is 0.399 e.